The molecule has 3 rings (SSSR count). The summed E-state index contributed by atoms with van der Waals surface area (Å²) in [5, 5.41) is 17.0. The number of nitro groups is 1. The quantitative estimate of drug-likeness (QED) is 0.452. The fourth-order valence-electron chi connectivity index (χ4n) is 3.16. The summed E-state index contributed by atoms with van der Waals surface area (Å²) in [5.74, 6) is -0.706. The fraction of sp³-hybridized carbons (Fsp3) is 0.421. The van der Waals surface area contributed by atoms with E-state index < -0.39 is 16.7 Å². The maximum atomic E-state index is 13.1. The van der Waals surface area contributed by atoms with Gasteiger partial charge in [0.05, 0.1) is 28.7 Å². The summed E-state index contributed by atoms with van der Waals surface area (Å²) < 4.78 is 10.0. The van der Waals surface area contributed by atoms with Gasteiger partial charge in [-0.05, 0) is 12.5 Å². The molecule has 12 heteroatoms. The van der Waals surface area contributed by atoms with Gasteiger partial charge in [-0.2, -0.15) is 0 Å². The van der Waals surface area contributed by atoms with E-state index in [-0.39, 0.29) is 28.6 Å². The van der Waals surface area contributed by atoms with Gasteiger partial charge in [0.1, 0.15) is 12.8 Å². The Morgan fingerprint density at radius 1 is 1.29 bits per heavy atom. The molecule has 1 aliphatic heterocycles. The lowest BCUT2D eigenvalue weighted by Crippen LogP contribution is -2.41. The van der Waals surface area contributed by atoms with Gasteiger partial charge in [0.15, 0.2) is 5.82 Å². The van der Waals surface area contributed by atoms with Crippen molar-refractivity contribution in [2.24, 2.45) is 0 Å². The van der Waals surface area contributed by atoms with Crippen LogP contribution in [0.2, 0.25) is 5.02 Å². The number of halogens is 1. The van der Waals surface area contributed by atoms with Crippen LogP contribution in [0.25, 0.3) is 0 Å². The Morgan fingerprint density at radius 2 is 2.06 bits per heavy atom. The molecule has 1 aromatic carbocycles. The van der Waals surface area contributed by atoms with Crippen LogP contribution in [0.1, 0.15) is 16.8 Å². The van der Waals surface area contributed by atoms with Crippen LogP contribution in [0, 0.1) is 10.1 Å². The molecule has 0 atom stereocenters. The number of carbonyl (C=O) groups excluding carboxylic acids is 2. The first-order chi connectivity index (χ1) is 14.9. The summed E-state index contributed by atoms with van der Waals surface area (Å²) in [5.41, 5.74) is -0.128. The average Bonchev–Trinajstić information content (AvgIpc) is 3.26. The van der Waals surface area contributed by atoms with E-state index in [4.69, 9.17) is 16.3 Å². The first-order valence-electron chi connectivity index (χ1n) is 9.67. The average molecular weight is 452 g/mol. The number of nitrogens with one attached hydrogen (secondary N) is 1. The third kappa shape index (κ3) is 6.48. The molecule has 0 bridgehead atoms. The monoisotopic (exact) mass is 451 g/mol. The molecular weight excluding hydrogens is 430 g/mol. The molecular formula is C19H22ClN5O6. The number of anilines is 1. The maximum Gasteiger partial charge on any atom is 0.270 e. The first kappa shape index (κ1) is 22.7. The first-order valence-corrected chi connectivity index (χ1v) is 10.1. The van der Waals surface area contributed by atoms with E-state index in [1.807, 2.05) is 0 Å². The molecule has 1 fully saturated rings. The number of non-ortho nitro benzene ring substituents is 1. The van der Waals surface area contributed by atoms with Crippen molar-refractivity contribution < 1.29 is 23.8 Å². The zero-order valence-electron chi connectivity index (χ0n) is 16.7. The summed E-state index contributed by atoms with van der Waals surface area (Å²) >= 11 is 6.12. The number of rotatable bonds is 9. The molecule has 0 spiro atoms. The van der Waals surface area contributed by atoms with Crippen molar-refractivity contribution in [3.8, 4) is 0 Å². The largest absolute Gasteiger partial charge is 0.379 e. The van der Waals surface area contributed by atoms with Gasteiger partial charge in [-0.25, -0.2) is 0 Å². The fourth-order valence-corrected chi connectivity index (χ4v) is 3.41. The minimum Gasteiger partial charge on any atom is -0.379 e. The molecule has 166 valence electrons. The molecule has 1 N–H and O–H groups in total. The van der Waals surface area contributed by atoms with Gasteiger partial charge in [0, 0.05) is 44.4 Å². The van der Waals surface area contributed by atoms with E-state index in [0.29, 0.717) is 26.2 Å². The van der Waals surface area contributed by atoms with Crippen molar-refractivity contribution in [2.75, 3.05) is 51.3 Å². The molecule has 1 aromatic heterocycles. The van der Waals surface area contributed by atoms with Gasteiger partial charge >= 0.3 is 0 Å². The van der Waals surface area contributed by atoms with Crippen molar-refractivity contribution >= 4 is 34.9 Å². The van der Waals surface area contributed by atoms with Crippen molar-refractivity contribution in [1.82, 2.24) is 15.0 Å². The number of benzene rings is 1. The van der Waals surface area contributed by atoms with Gasteiger partial charge < -0.3 is 19.5 Å². The SMILES string of the molecule is O=C(CN(CCCN1CCOCC1)C(=O)c1ccc([N+](=O)[O-])cc1Cl)Nc1ccon1. The van der Waals surface area contributed by atoms with E-state index in [9.17, 15) is 19.7 Å². The molecule has 1 saturated heterocycles. The predicted molar refractivity (Wildman–Crippen MR) is 111 cm³/mol. The van der Waals surface area contributed by atoms with Crippen molar-refractivity contribution in [3.63, 3.8) is 0 Å². The van der Waals surface area contributed by atoms with Crippen molar-refractivity contribution in [1.29, 1.82) is 0 Å². The van der Waals surface area contributed by atoms with Crippen LogP contribution >= 0.6 is 11.6 Å². The van der Waals surface area contributed by atoms with E-state index in [1.165, 1.54) is 29.4 Å². The van der Waals surface area contributed by atoms with Gasteiger partial charge in [-0.15, -0.1) is 0 Å². The molecule has 2 heterocycles. The summed E-state index contributed by atoms with van der Waals surface area (Å²) in [6, 6.07) is 5.11. The number of nitro benzene ring substituents is 1. The molecule has 31 heavy (non-hydrogen) atoms. The van der Waals surface area contributed by atoms with Crippen molar-refractivity contribution in [2.45, 2.75) is 6.42 Å². The molecule has 0 aliphatic carbocycles. The number of hydrogen-bond donors (Lipinski definition) is 1. The van der Waals surface area contributed by atoms with E-state index in [0.717, 1.165) is 25.7 Å². The van der Waals surface area contributed by atoms with Gasteiger partial charge in [-0.1, -0.05) is 16.8 Å². The van der Waals surface area contributed by atoms with E-state index >= 15 is 0 Å². The summed E-state index contributed by atoms with van der Waals surface area (Å²) in [7, 11) is 0. The number of carbonyl (C=O) groups is 2. The van der Waals surface area contributed by atoms with Crippen LogP contribution in [0.4, 0.5) is 11.5 Å². The van der Waals surface area contributed by atoms with Crippen LogP contribution in [0.3, 0.4) is 0 Å². The number of nitrogens with zero attached hydrogens (tertiary/aromatic N) is 4. The van der Waals surface area contributed by atoms with E-state index in [1.54, 1.807) is 0 Å². The normalized spacial score (nSPS) is 14.2. The second-order valence-corrected chi connectivity index (χ2v) is 7.30. The second kappa shape index (κ2) is 10.8. The highest BCUT2D eigenvalue weighted by Gasteiger charge is 2.23. The number of aromatic nitrogens is 1. The molecule has 2 aromatic rings. The zero-order valence-corrected chi connectivity index (χ0v) is 17.4. The zero-order chi connectivity index (χ0) is 22.2. The summed E-state index contributed by atoms with van der Waals surface area (Å²) in [6.07, 6.45) is 1.95. The Hall–Kier alpha value is -3.02. The smallest absolute Gasteiger partial charge is 0.270 e. The van der Waals surface area contributed by atoms with Crippen LogP contribution in [-0.2, 0) is 9.53 Å². The Bertz CT molecular complexity index is 917. The summed E-state index contributed by atoms with van der Waals surface area (Å²) in [6.45, 7) is 3.77. The van der Waals surface area contributed by atoms with Gasteiger partial charge in [0.25, 0.3) is 11.6 Å². The van der Waals surface area contributed by atoms with Crippen molar-refractivity contribution in [3.05, 3.63) is 51.2 Å². The molecule has 0 radical (unpaired) electrons. The Kier molecular flexibility index (Phi) is 7.93. The lowest BCUT2D eigenvalue weighted by Gasteiger charge is -2.28. The highest BCUT2D eigenvalue weighted by Crippen LogP contribution is 2.24. The lowest BCUT2D eigenvalue weighted by molar-refractivity contribution is -0.384. The maximum absolute atomic E-state index is 13.1. The molecule has 0 unspecified atom stereocenters. The molecule has 1 aliphatic rings. The standard InChI is InChI=1S/C19H22ClN5O6/c20-16-12-14(25(28)29)2-3-15(16)19(27)24(6-1-5-23-7-10-30-11-8-23)13-18(26)21-17-4-9-31-22-17/h2-4,9,12H,1,5-8,10-11,13H2,(H,21,22,26). The summed E-state index contributed by atoms with van der Waals surface area (Å²) in [4.78, 5) is 39.4. The minimum absolute atomic E-state index is 0.0470. The van der Waals surface area contributed by atoms with Crippen LogP contribution in [0.5, 0.6) is 0 Å². The Balaban J connectivity index is 1.69. The predicted octanol–water partition coefficient (Wildman–Crippen LogP) is 2.04. The van der Waals surface area contributed by atoms with Gasteiger partial charge in [0.2, 0.25) is 5.91 Å². The number of morpholine rings is 1. The van der Waals surface area contributed by atoms with Gasteiger partial charge in [-0.3, -0.25) is 24.6 Å². The number of ether oxygens (including phenoxy) is 1. The van der Waals surface area contributed by atoms with E-state index in [2.05, 4.69) is 19.9 Å². The highest BCUT2D eigenvalue weighted by molar-refractivity contribution is 6.34. The molecule has 2 amide bonds. The van der Waals surface area contributed by atoms with Crippen LogP contribution in [0.15, 0.2) is 35.1 Å². The third-order valence-corrected chi connectivity index (χ3v) is 5.04. The number of hydrogen-bond acceptors (Lipinski definition) is 8. The Labute approximate surface area is 183 Å². The van der Waals surface area contributed by atoms with Crippen LogP contribution < -0.4 is 5.32 Å². The number of amides is 2. The Morgan fingerprint density at radius 3 is 2.71 bits per heavy atom. The minimum atomic E-state index is -0.592. The third-order valence-electron chi connectivity index (χ3n) is 4.73. The second-order valence-electron chi connectivity index (χ2n) is 6.89. The molecule has 0 saturated carbocycles. The van der Waals surface area contributed by atoms with Crippen LogP contribution in [-0.4, -0.2) is 77.6 Å². The highest BCUT2D eigenvalue weighted by atomic mass is 35.5. The lowest BCUT2D eigenvalue weighted by atomic mass is 10.1. The topological polar surface area (TPSA) is 131 Å². The molecule has 11 nitrogen and oxygen atoms in total.